The van der Waals surface area contributed by atoms with E-state index in [1.807, 2.05) is 48.5 Å². The molecule has 154 valence electrons. The number of aromatic amines is 2. The Balaban J connectivity index is 1.52. The summed E-state index contributed by atoms with van der Waals surface area (Å²) in [5.41, 5.74) is 12.7. The van der Waals surface area contributed by atoms with E-state index in [4.69, 9.17) is 10.7 Å². The van der Waals surface area contributed by atoms with E-state index in [9.17, 15) is 4.39 Å². The molecule has 3 heterocycles. The van der Waals surface area contributed by atoms with E-state index < -0.39 is 0 Å². The monoisotopic (exact) mass is 420 g/mol. The molecule has 0 aliphatic heterocycles. The van der Waals surface area contributed by atoms with Crippen molar-refractivity contribution in [2.24, 2.45) is 0 Å². The van der Waals surface area contributed by atoms with Crippen LogP contribution in [0.1, 0.15) is 0 Å². The van der Waals surface area contributed by atoms with Crippen LogP contribution in [-0.2, 0) is 0 Å². The number of nitrogen functional groups attached to an aromatic ring is 1. The van der Waals surface area contributed by atoms with Crippen LogP contribution in [-0.4, -0.2) is 25.1 Å². The van der Waals surface area contributed by atoms with Gasteiger partial charge in [0.05, 0.1) is 22.2 Å². The second kappa shape index (κ2) is 7.02. The van der Waals surface area contributed by atoms with Crippen molar-refractivity contribution in [1.82, 2.24) is 25.1 Å². The van der Waals surface area contributed by atoms with Crippen molar-refractivity contribution in [2.45, 2.75) is 0 Å². The average Bonchev–Trinajstić information content (AvgIpc) is 3.43. The summed E-state index contributed by atoms with van der Waals surface area (Å²) in [5.74, 6) is 0.327. The molecular weight excluding hydrogens is 403 g/mol. The standard InChI is InChI=1S/C25H17FN6/c26-20-6-2-1-4-17(20)18-5-3-7-22-23(18)30-25(29-22)24-19-11-14(8-9-21(19)31-32-24)15-10-16(27)13-28-12-15/h1-13H,27H2,(H,29,30)(H,31,32). The average molecular weight is 420 g/mol. The fourth-order valence-electron chi connectivity index (χ4n) is 4.03. The van der Waals surface area contributed by atoms with Gasteiger partial charge >= 0.3 is 0 Å². The molecule has 0 saturated carbocycles. The van der Waals surface area contributed by atoms with E-state index in [1.54, 1.807) is 24.5 Å². The van der Waals surface area contributed by atoms with Gasteiger partial charge in [-0.15, -0.1) is 0 Å². The summed E-state index contributed by atoms with van der Waals surface area (Å²) >= 11 is 0. The normalized spacial score (nSPS) is 11.4. The van der Waals surface area contributed by atoms with Crippen molar-refractivity contribution in [3.8, 4) is 33.8 Å². The zero-order valence-corrected chi connectivity index (χ0v) is 16.8. The van der Waals surface area contributed by atoms with Crippen LogP contribution in [0.3, 0.4) is 0 Å². The highest BCUT2D eigenvalue weighted by atomic mass is 19.1. The zero-order valence-electron chi connectivity index (χ0n) is 16.8. The number of para-hydroxylation sites is 1. The van der Waals surface area contributed by atoms with Crippen LogP contribution in [0.15, 0.2) is 79.1 Å². The molecule has 0 radical (unpaired) electrons. The second-order valence-electron chi connectivity index (χ2n) is 7.61. The van der Waals surface area contributed by atoms with Crippen molar-refractivity contribution in [3.05, 3.63) is 84.9 Å². The number of nitrogens with one attached hydrogen (secondary N) is 2. The van der Waals surface area contributed by atoms with E-state index in [-0.39, 0.29) is 5.82 Å². The first-order chi connectivity index (χ1) is 15.7. The number of pyridine rings is 1. The van der Waals surface area contributed by atoms with Gasteiger partial charge < -0.3 is 10.7 Å². The van der Waals surface area contributed by atoms with Crippen molar-refractivity contribution in [3.63, 3.8) is 0 Å². The quantitative estimate of drug-likeness (QED) is 0.349. The van der Waals surface area contributed by atoms with Crippen LogP contribution in [0.4, 0.5) is 10.1 Å². The third kappa shape index (κ3) is 2.91. The summed E-state index contributed by atoms with van der Waals surface area (Å²) in [6.45, 7) is 0. The number of hydrogen-bond acceptors (Lipinski definition) is 4. The largest absolute Gasteiger partial charge is 0.397 e. The first-order valence-corrected chi connectivity index (χ1v) is 10.1. The Kier molecular flexibility index (Phi) is 4.01. The minimum atomic E-state index is -0.282. The van der Waals surface area contributed by atoms with Gasteiger partial charge in [-0.25, -0.2) is 9.37 Å². The van der Waals surface area contributed by atoms with Gasteiger partial charge in [0.2, 0.25) is 0 Å². The van der Waals surface area contributed by atoms with Gasteiger partial charge in [0.15, 0.2) is 5.82 Å². The SMILES string of the molecule is Nc1cncc(-c2ccc3[nH]nc(-c4nc5c(-c6ccccc6F)cccc5[nH]4)c3c2)c1. The first kappa shape index (κ1) is 18.3. The van der Waals surface area contributed by atoms with Crippen LogP contribution in [0, 0.1) is 5.82 Å². The van der Waals surface area contributed by atoms with Crippen LogP contribution in [0.2, 0.25) is 0 Å². The Morgan fingerprint density at radius 1 is 0.812 bits per heavy atom. The van der Waals surface area contributed by atoms with Crippen molar-refractivity contribution >= 4 is 27.6 Å². The van der Waals surface area contributed by atoms with Crippen LogP contribution < -0.4 is 5.73 Å². The van der Waals surface area contributed by atoms with Crippen molar-refractivity contribution in [1.29, 1.82) is 0 Å². The maximum Gasteiger partial charge on any atom is 0.159 e. The molecule has 6 rings (SSSR count). The lowest BCUT2D eigenvalue weighted by Gasteiger charge is -2.03. The van der Waals surface area contributed by atoms with Crippen LogP contribution in [0.25, 0.3) is 55.7 Å². The maximum atomic E-state index is 14.5. The van der Waals surface area contributed by atoms with E-state index in [0.29, 0.717) is 28.3 Å². The van der Waals surface area contributed by atoms with Crippen molar-refractivity contribution < 1.29 is 4.39 Å². The van der Waals surface area contributed by atoms with Gasteiger partial charge in [-0.1, -0.05) is 36.4 Å². The molecule has 6 nitrogen and oxygen atoms in total. The van der Waals surface area contributed by atoms with Crippen molar-refractivity contribution in [2.75, 3.05) is 5.73 Å². The van der Waals surface area contributed by atoms with Gasteiger partial charge in [0, 0.05) is 34.5 Å². The second-order valence-corrected chi connectivity index (χ2v) is 7.61. The molecular formula is C25H17FN6. The van der Waals surface area contributed by atoms with Crippen LogP contribution in [0.5, 0.6) is 0 Å². The molecule has 0 spiro atoms. The lowest BCUT2D eigenvalue weighted by Crippen LogP contribution is -1.88. The lowest BCUT2D eigenvalue weighted by molar-refractivity contribution is 0.631. The minimum Gasteiger partial charge on any atom is -0.397 e. The molecule has 0 atom stereocenters. The number of nitrogens with two attached hydrogens (primary N) is 1. The Morgan fingerprint density at radius 3 is 2.56 bits per heavy atom. The molecule has 0 saturated heterocycles. The number of imidazole rings is 1. The molecule has 0 bridgehead atoms. The molecule has 7 heteroatoms. The number of nitrogens with zero attached hydrogens (tertiary/aromatic N) is 3. The number of rotatable bonds is 3. The number of hydrogen-bond donors (Lipinski definition) is 3. The first-order valence-electron chi connectivity index (χ1n) is 10.1. The van der Waals surface area contributed by atoms with Gasteiger partial charge in [0.25, 0.3) is 0 Å². The Labute approximate surface area is 182 Å². The number of aromatic nitrogens is 5. The zero-order chi connectivity index (χ0) is 21.7. The van der Waals surface area contributed by atoms with Gasteiger partial charge in [-0.3, -0.25) is 10.1 Å². The highest BCUT2D eigenvalue weighted by Crippen LogP contribution is 2.34. The molecule has 0 fully saturated rings. The molecule has 0 aliphatic carbocycles. The number of benzene rings is 3. The summed E-state index contributed by atoms with van der Waals surface area (Å²) in [7, 11) is 0. The Morgan fingerprint density at radius 2 is 1.69 bits per heavy atom. The summed E-state index contributed by atoms with van der Waals surface area (Å²) in [6, 6.07) is 20.3. The fourth-order valence-corrected chi connectivity index (χ4v) is 4.03. The molecule has 0 aliphatic rings. The van der Waals surface area contributed by atoms with E-state index >= 15 is 0 Å². The Hall–Kier alpha value is -4.52. The smallest absolute Gasteiger partial charge is 0.159 e. The lowest BCUT2D eigenvalue weighted by atomic mass is 10.0. The third-order valence-corrected chi connectivity index (χ3v) is 5.56. The highest BCUT2D eigenvalue weighted by Gasteiger charge is 2.16. The van der Waals surface area contributed by atoms with Gasteiger partial charge in [0.1, 0.15) is 11.5 Å². The summed E-state index contributed by atoms with van der Waals surface area (Å²) in [5, 5.41) is 8.48. The van der Waals surface area contributed by atoms with Gasteiger partial charge in [-0.2, -0.15) is 5.10 Å². The fraction of sp³-hybridized carbons (Fsp3) is 0. The van der Waals surface area contributed by atoms with E-state index in [0.717, 1.165) is 33.1 Å². The number of fused-ring (bicyclic) bond motifs is 2. The predicted molar refractivity (Wildman–Crippen MR) is 124 cm³/mol. The van der Waals surface area contributed by atoms with Gasteiger partial charge in [-0.05, 0) is 35.9 Å². The molecule has 0 amide bonds. The molecule has 32 heavy (non-hydrogen) atoms. The summed E-state index contributed by atoms with van der Waals surface area (Å²) < 4.78 is 14.5. The molecule has 4 N–H and O–H groups in total. The third-order valence-electron chi connectivity index (χ3n) is 5.56. The maximum absolute atomic E-state index is 14.5. The minimum absolute atomic E-state index is 0.282. The number of halogens is 1. The topological polar surface area (TPSA) is 96.3 Å². The number of H-pyrrole nitrogens is 2. The van der Waals surface area contributed by atoms with Crippen LogP contribution >= 0.6 is 0 Å². The highest BCUT2D eigenvalue weighted by molar-refractivity contribution is 5.98. The summed E-state index contributed by atoms with van der Waals surface area (Å²) in [6.07, 6.45) is 3.39. The molecule has 0 unspecified atom stereocenters. The van der Waals surface area contributed by atoms with E-state index in [1.165, 1.54) is 6.07 Å². The molecule has 3 aromatic heterocycles. The predicted octanol–water partition coefficient (Wildman–Crippen LogP) is 5.56. The number of anilines is 1. The van der Waals surface area contributed by atoms with E-state index in [2.05, 4.69) is 20.2 Å². The Bertz CT molecular complexity index is 1610. The summed E-state index contributed by atoms with van der Waals surface area (Å²) in [4.78, 5) is 12.3. The molecule has 6 aromatic rings. The molecule has 3 aromatic carbocycles.